The predicted molar refractivity (Wildman–Crippen MR) is 87.9 cm³/mol. The minimum absolute atomic E-state index is 0.109. The predicted octanol–water partition coefficient (Wildman–Crippen LogP) is 2.06. The van der Waals surface area contributed by atoms with Crippen molar-refractivity contribution in [2.45, 2.75) is 4.90 Å². The third-order valence-electron chi connectivity index (χ3n) is 3.68. The van der Waals surface area contributed by atoms with Crippen LogP contribution in [0.5, 0.6) is 0 Å². The van der Waals surface area contributed by atoms with Crippen LogP contribution in [0.2, 0.25) is 0 Å². The second kappa shape index (κ2) is 7.41. The molecule has 1 amide bonds. The number of amides is 1. The summed E-state index contributed by atoms with van der Waals surface area (Å²) in [5, 5.41) is 0. The molecule has 1 aliphatic heterocycles. The van der Waals surface area contributed by atoms with Crippen molar-refractivity contribution in [3.63, 3.8) is 0 Å². The van der Waals surface area contributed by atoms with Gasteiger partial charge in [0.25, 0.3) is 0 Å². The van der Waals surface area contributed by atoms with E-state index in [1.54, 1.807) is 30.7 Å². The van der Waals surface area contributed by atoms with Crippen LogP contribution in [-0.4, -0.2) is 52.7 Å². The molecule has 0 saturated carbocycles. The van der Waals surface area contributed by atoms with Gasteiger partial charge in [-0.25, -0.2) is 9.37 Å². The molecule has 1 fully saturated rings. The van der Waals surface area contributed by atoms with E-state index >= 15 is 0 Å². The molecule has 23 heavy (non-hydrogen) atoms. The maximum absolute atomic E-state index is 12.9. The van der Waals surface area contributed by atoms with Gasteiger partial charge in [-0.1, -0.05) is 0 Å². The first-order chi connectivity index (χ1) is 11.2. The molecule has 0 unspecified atom stereocenters. The van der Waals surface area contributed by atoms with Crippen LogP contribution >= 0.6 is 11.8 Å². The lowest BCUT2D eigenvalue weighted by atomic mass is 10.3. The molecular weight excluding hydrogens is 315 g/mol. The summed E-state index contributed by atoms with van der Waals surface area (Å²) in [5.41, 5.74) is 0. The summed E-state index contributed by atoms with van der Waals surface area (Å²) in [7, 11) is 0. The number of carbonyl (C=O) groups excluding carboxylic acids is 1. The molecule has 120 valence electrons. The minimum Gasteiger partial charge on any atom is -0.352 e. The second-order valence-electron chi connectivity index (χ2n) is 5.17. The van der Waals surface area contributed by atoms with Crippen LogP contribution in [0.15, 0.2) is 47.8 Å². The highest BCUT2D eigenvalue weighted by Crippen LogP contribution is 2.19. The van der Waals surface area contributed by atoms with Gasteiger partial charge in [-0.3, -0.25) is 9.78 Å². The van der Waals surface area contributed by atoms with E-state index in [1.807, 2.05) is 4.90 Å². The van der Waals surface area contributed by atoms with Crippen LogP contribution in [-0.2, 0) is 4.79 Å². The number of piperazine rings is 1. The van der Waals surface area contributed by atoms with Gasteiger partial charge in [0.15, 0.2) is 0 Å². The van der Waals surface area contributed by atoms with E-state index in [4.69, 9.17) is 0 Å². The molecule has 5 nitrogen and oxygen atoms in total. The minimum atomic E-state index is -0.263. The second-order valence-corrected chi connectivity index (χ2v) is 6.22. The lowest BCUT2D eigenvalue weighted by Crippen LogP contribution is -2.49. The third-order valence-corrected chi connectivity index (χ3v) is 4.68. The van der Waals surface area contributed by atoms with Gasteiger partial charge in [0.2, 0.25) is 5.91 Å². The van der Waals surface area contributed by atoms with Crippen molar-refractivity contribution in [3.05, 3.63) is 48.7 Å². The van der Waals surface area contributed by atoms with E-state index in [0.717, 1.165) is 23.8 Å². The number of halogens is 1. The fourth-order valence-corrected chi connectivity index (χ4v) is 3.21. The molecule has 0 atom stereocenters. The molecule has 1 aromatic heterocycles. The van der Waals surface area contributed by atoms with E-state index in [0.29, 0.717) is 18.8 Å². The zero-order valence-corrected chi connectivity index (χ0v) is 13.4. The highest BCUT2D eigenvalue weighted by atomic mass is 32.2. The van der Waals surface area contributed by atoms with Gasteiger partial charge in [-0.2, -0.15) is 0 Å². The Labute approximate surface area is 138 Å². The number of nitrogens with zero attached hydrogens (tertiary/aromatic N) is 4. The SMILES string of the molecule is O=C(CSc1ccc(F)cc1)N1CCN(c2cnccn2)CC1. The summed E-state index contributed by atoms with van der Waals surface area (Å²) in [4.78, 5) is 25.5. The van der Waals surface area contributed by atoms with Crippen molar-refractivity contribution in [2.24, 2.45) is 0 Å². The summed E-state index contributed by atoms with van der Waals surface area (Å²) in [5.74, 6) is 1.07. The molecule has 0 bridgehead atoms. The Bertz CT molecular complexity index is 645. The molecule has 2 heterocycles. The highest BCUT2D eigenvalue weighted by Gasteiger charge is 2.21. The highest BCUT2D eigenvalue weighted by molar-refractivity contribution is 8.00. The Balaban J connectivity index is 1.47. The normalized spacial score (nSPS) is 14.8. The van der Waals surface area contributed by atoms with Crippen molar-refractivity contribution in [1.29, 1.82) is 0 Å². The molecule has 2 aromatic rings. The smallest absolute Gasteiger partial charge is 0.233 e. The lowest BCUT2D eigenvalue weighted by molar-refractivity contribution is -0.128. The fraction of sp³-hybridized carbons (Fsp3) is 0.312. The Morgan fingerprint density at radius 2 is 1.87 bits per heavy atom. The van der Waals surface area contributed by atoms with Crippen molar-refractivity contribution in [1.82, 2.24) is 14.9 Å². The maximum atomic E-state index is 12.9. The number of hydrogen-bond acceptors (Lipinski definition) is 5. The zero-order chi connectivity index (χ0) is 16.1. The van der Waals surface area contributed by atoms with Crippen LogP contribution in [0.4, 0.5) is 10.2 Å². The van der Waals surface area contributed by atoms with Gasteiger partial charge in [0, 0.05) is 43.5 Å². The molecule has 7 heteroatoms. The average Bonchev–Trinajstić information content (AvgIpc) is 2.62. The molecule has 1 aromatic carbocycles. The van der Waals surface area contributed by atoms with Gasteiger partial charge in [0.05, 0.1) is 11.9 Å². The summed E-state index contributed by atoms with van der Waals surface area (Å²) in [6.07, 6.45) is 5.06. The number of hydrogen-bond donors (Lipinski definition) is 0. The van der Waals surface area contributed by atoms with Gasteiger partial charge in [-0.15, -0.1) is 11.8 Å². The van der Waals surface area contributed by atoms with E-state index in [2.05, 4.69) is 14.9 Å². The number of thioether (sulfide) groups is 1. The van der Waals surface area contributed by atoms with Crippen LogP contribution in [0.1, 0.15) is 0 Å². The van der Waals surface area contributed by atoms with E-state index < -0.39 is 0 Å². The standard InChI is InChI=1S/C16H17FN4OS/c17-13-1-3-14(4-2-13)23-12-16(22)21-9-7-20(8-10-21)15-11-18-5-6-19-15/h1-6,11H,7-10,12H2. The Morgan fingerprint density at radius 3 is 2.52 bits per heavy atom. The largest absolute Gasteiger partial charge is 0.352 e. The van der Waals surface area contributed by atoms with Gasteiger partial charge in [-0.05, 0) is 24.3 Å². The van der Waals surface area contributed by atoms with Gasteiger partial charge in [0.1, 0.15) is 11.6 Å². The summed E-state index contributed by atoms with van der Waals surface area (Å²) in [6.45, 7) is 2.87. The summed E-state index contributed by atoms with van der Waals surface area (Å²) in [6, 6.07) is 6.21. The van der Waals surface area contributed by atoms with Crippen LogP contribution in [0.3, 0.4) is 0 Å². The first-order valence-electron chi connectivity index (χ1n) is 7.39. The van der Waals surface area contributed by atoms with Crippen LogP contribution < -0.4 is 4.90 Å². The first-order valence-corrected chi connectivity index (χ1v) is 8.38. The Morgan fingerprint density at radius 1 is 1.13 bits per heavy atom. The third kappa shape index (κ3) is 4.19. The van der Waals surface area contributed by atoms with Crippen molar-refractivity contribution < 1.29 is 9.18 Å². The van der Waals surface area contributed by atoms with Crippen LogP contribution in [0, 0.1) is 5.82 Å². The monoisotopic (exact) mass is 332 g/mol. The summed E-state index contributed by atoms with van der Waals surface area (Å²) < 4.78 is 12.9. The summed E-state index contributed by atoms with van der Waals surface area (Å²) >= 11 is 1.43. The zero-order valence-electron chi connectivity index (χ0n) is 12.6. The fourth-order valence-electron chi connectivity index (χ4n) is 2.41. The van der Waals surface area contributed by atoms with Crippen LogP contribution in [0.25, 0.3) is 0 Å². The molecule has 1 saturated heterocycles. The molecular formula is C16H17FN4OS. The average molecular weight is 332 g/mol. The molecule has 0 spiro atoms. The maximum Gasteiger partial charge on any atom is 0.233 e. The van der Waals surface area contributed by atoms with Gasteiger partial charge >= 0.3 is 0 Å². The van der Waals surface area contributed by atoms with Crippen molar-refractivity contribution >= 4 is 23.5 Å². The first kappa shape index (κ1) is 15.7. The van der Waals surface area contributed by atoms with E-state index in [-0.39, 0.29) is 11.7 Å². The number of anilines is 1. The Hall–Kier alpha value is -2.15. The topological polar surface area (TPSA) is 49.3 Å². The quantitative estimate of drug-likeness (QED) is 0.802. The lowest BCUT2D eigenvalue weighted by Gasteiger charge is -2.35. The molecule has 1 aliphatic rings. The van der Waals surface area contributed by atoms with Gasteiger partial charge < -0.3 is 9.80 Å². The number of benzene rings is 1. The molecule has 0 aliphatic carbocycles. The molecule has 0 radical (unpaired) electrons. The van der Waals surface area contributed by atoms with E-state index in [9.17, 15) is 9.18 Å². The number of aromatic nitrogens is 2. The Kier molecular flexibility index (Phi) is 5.07. The van der Waals surface area contributed by atoms with Crippen molar-refractivity contribution in [2.75, 3.05) is 36.8 Å². The molecule has 3 rings (SSSR count). The van der Waals surface area contributed by atoms with Crippen molar-refractivity contribution in [3.8, 4) is 0 Å². The number of rotatable bonds is 4. The number of carbonyl (C=O) groups is 1. The van der Waals surface area contributed by atoms with E-state index in [1.165, 1.54) is 23.9 Å². The molecule has 0 N–H and O–H groups in total.